The summed E-state index contributed by atoms with van der Waals surface area (Å²) in [4.78, 5) is 24.6. The summed E-state index contributed by atoms with van der Waals surface area (Å²) in [6, 6.07) is 29.4. The second-order valence-corrected chi connectivity index (χ2v) is 7.54. The Labute approximate surface area is 179 Å². The summed E-state index contributed by atoms with van der Waals surface area (Å²) in [6.45, 7) is 0. The molecule has 0 fully saturated rings. The van der Waals surface area contributed by atoms with E-state index in [1.807, 2.05) is 48.5 Å². The molecule has 0 aliphatic heterocycles. The molecular formula is C27H18O4. The quantitative estimate of drug-likeness (QED) is 0.416. The summed E-state index contributed by atoms with van der Waals surface area (Å²) in [5, 5.41) is 20.1. The third-order valence-corrected chi connectivity index (χ3v) is 6.08. The van der Waals surface area contributed by atoms with Crippen LogP contribution in [0.5, 0.6) is 0 Å². The zero-order valence-electron chi connectivity index (χ0n) is 16.4. The van der Waals surface area contributed by atoms with Crippen molar-refractivity contribution in [3.63, 3.8) is 0 Å². The maximum absolute atomic E-state index is 12.3. The van der Waals surface area contributed by atoms with Crippen molar-refractivity contribution >= 4 is 11.9 Å². The first-order valence-corrected chi connectivity index (χ1v) is 9.91. The van der Waals surface area contributed by atoms with Gasteiger partial charge in [-0.2, -0.15) is 0 Å². The van der Waals surface area contributed by atoms with Crippen molar-refractivity contribution in [1.29, 1.82) is 0 Å². The van der Waals surface area contributed by atoms with Gasteiger partial charge in [-0.25, -0.2) is 9.59 Å². The van der Waals surface area contributed by atoms with E-state index in [1.165, 1.54) is 0 Å². The number of carbonyl (C=O) groups is 2. The zero-order valence-corrected chi connectivity index (χ0v) is 16.4. The van der Waals surface area contributed by atoms with Gasteiger partial charge >= 0.3 is 11.9 Å². The highest BCUT2D eigenvalue weighted by atomic mass is 16.4. The van der Waals surface area contributed by atoms with E-state index in [4.69, 9.17) is 0 Å². The third kappa shape index (κ3) is 2.55. The van der Waals surface area contributed by atoms with Gasteiger partial charge in [0, 0.05) is 0 Å². The Hall–Kier alpha value is -4.18. The minimum Gasteiger partial charge on any atom is -0.478 e. The molecule has 0 amide bonds. The summed E-state index contributed by atoms with van der Waals surface area (Å²) in [5.74, 6) is -2.10. The minimum absolute atomic E-state index is 0.147. The zero-order chi connectivity index (χ0) is 21.6. The predicted octanol–water partition coefficient (Wildman–Crippen LogP) is 5.45. The number of carboxylic acid groups (broad SMARTS) is 2. The molecule has 150 valence electrons. The van der Waals surface area contributed by atoms with Gasteiger partial charge in [-0.1, -0.05) is 84.9 Å². The summed E-state index contributed by atoms with van der Waals surface area (Å²) in [7, 11) is 0. The van der Waals surface area contributed by atoms with Gasteiger partial charge in [0.05, 0.1) is 16.5 Å². The van der Waals surface area contributed by atoms with Crippen LogP contribution in [0.25, 0.3) is 11.1 Å². The first-order valence-electron chi connectivity index (χ1n) is 9.91. The van der Waals surface area contributed by atoms with Gasteiger partial charge < -0.3 is 10.2 Å². The van der Waals surface area contributed by atoms with Crippen LogP contribution in [0.1, 0.15) is 43.0 Å². The lowest BCUT2D eigenvalue weighted by molar-refractivity contribution is 0.0686. The van der Waals surface area contributed by atoms with E-state index >= 15 is 0 Å². The molecule has 1 aliphatic rings. The van der Waals surface area contributed by atoms with Gasteiger partial charge in [0.25, 0.3) is 0 Å². The molecule has 0 aromatic heterocycles. The Balaban J connectivity index is 2.05. The van der Waals surface area contributed by atoms with Crippen molar-refractivity contribution in [2.75, 3.05) is 0 Å². The average molecular weight is 406 g/mol. The number of fused-ring (bicyclic) bond motifs is 3. The first kappa shape index (κ1) is 18.8. The van der Waals surface area contributed by atoms with Crippen molar-refractivity contribution in [2.45, 2.75) is 5.41 Å². The second-order valence-electron chi connectivity index (χ2n) is 7.54. The monoisotopic (exact) mass is 406 g/mol. The number of hydrogen-bond donors (Lipinski definition) is 2. The molecule has 0 unspecified atom stereocenters. The van der Waals surface area contributed by atoms with Crippen molar-refractivity contribution in [3.8, 4) is 11.1 Å². The smallest absolute Gasteiger partial charge is 0.336 e. The van der Waals surface area contributed by atoms with Crippen LogP contribution < -0.4 is 0 Å². The van der Waals surface area contributed by atoms with E-state index < -0.39 is 17.4 Å². The Morgan fingerprint density at radius 3 is 1.19 bits per heavy atom. The highest BCUT2D eigenvalue weighted by Gasteiger charge is 2.49. The van der Waals surface area contributed by atoms with E-state index in [0.29, 0.717) is 11.1 Å². The Bertz CT molecular complexity index is 1250. The molecule has 31 heavy (non-hydrogen) atoms. The van der Waals surface area contributed by atoms with Crippen LogP contribution in [0.15, 0.2) is 97.1 Å². The fraction of sp³-hybridized carbons (Fsp3) is 0.0370. The molecule has 5 rings (SSSR count). The lowest BCUT2D eigenvalue weighted by Crippen LogP contribution is -2.32. The molecule has 4 aromatic carbocycles. The Morgan fingerprint density at radius 2 is 0.806 bits per heavy atom. The third-order valence-electron chi connectivity index (χ3n) is 6.08. The van der Waals surface area contributed by atoms with Crippen LogP contribution in [0, 0.1) is 0 Å². The standard InChI is InChI=1S/C27H18O4/c28-25(29)19-11-3-7-15-23(19)27(24-16-8-4-12-20(24)26(30)31)21-13-5-1-9-17(21)18-10-2-6-14-22(18)27/h1-16H,(H,28,29)(H,30,31). The molecule has 0 saturated heterocycles. The van der Waals surface area contributed by atoms with Gasteiger partial charge in [-0.15, -0.1) is 0 Å². The molecular weight excluding hydrogens is 388 g/mol. The SMILES string of the molecule is O=C(O)c1ccccc1C1(c2ccccc2C(=O)O)c2ccccc2-c2ccccc21. The van der Waals surface area contributed by atoms with Gasteiger partial charge in [0.2, 0.25) is 0 Å². The molecule has 4 nitrogen and oxygen atoms in total. The predicted molar refractivity (Wildman–Crippen MR) is 118 cm³/mol. The Kier molecular flexibility index (Phi) is 4.22. The lowest BCUT2D eigenvalue weighted by atomic mass is 9.65. The van der Waals surface area contributed by atoms with Crippen LogP contribution in [0.4, 0.5) is 0 Å². The van der Waals surface area contributed by atoms with Crippen LogP contribution in [0.2, 0.25) is 0 Å². The van der Waals surface area contributed by atoms with Crippen molar-refractivity contribution in [2.24, 2.45) is 0 Å². The van der Waals surface area contributed by atoms with Crippen molar-refractivity contribution < 1.29 is 19.8 Å². The summed E-state index contributed by atoms with van der Waals surface area (Å²) >= 11 is 0. The normalized spacial score (nSPS) is 13.3. The van der Waals surface area contributed by atoms with Crippen LogP contribution in [0.3, 0.4) is 0 Å². The number of aromatic carboxylic acids is 2. The number of carboxylic acids is 2. The minimum atomic E-state index is -1.07. The summed E-state index contributed by atoms with van der Waals surface area (Å²) in [5.41, 5.74) is 4.01. The van der Waals surface area contributed by atoms with Crippen LogP contribution in [-0.2, 0) is 5.41 Å². The maximum Gasteiger partial charge on any atom is 0.336 e. The van der Waals surface area contributed by atoms with Gasteiger partial charge in [-0.05, 0) is 45.5 Å². The fourth-order valence-corrected chi connectivity index (χ4v) is 4.95. The van der Waals surface area contributed by atoms with Gasteiger partial charge in [0.1, 0.15) is 0 Å². The number of hydrogen-bond acceptors (Lipinski definition) is 2. The average Bonchev–Trinajstić information content (AvgIpc) is 3.10. The topological polar surface area (TPSA) is 74.6 Å². The van der Waals surface area contributed by atoms with E-state index in [-0.39, 0.29) is 11.1 Å². The van der Waals surface area contributed by atoms with Crippen LogP contribution >= 0.6 is 0 Å². The lowest BCUT2D eigenvalue weighted by Gasteiger charge is -2.35. The van der Waals surface area contributed by atoms with Crippen LogP contribution in [-0.4, -0.2) is 22.2 Å². The van der Waals surface area contributed by atoms with E-state index in [0.717, 1.165) is 22.3 Å². The largest absolute Gasteiger partial charge is 0.478 e. The van der Waals surface area contributed by atoms with Crippen molar-refractivity contribution in [1.82, 2.24) is 0 Å². The highest BCUT2D eigenvalue weighted by molar-refractivity contribution is 5.97. The fourth-order valence-electron chi connectivity index (χ4n) is 4.95. The molecule has 0 heterocycles. The summed E-state index contributed by atoms with van der Waals surface area (Å²) < 4.78 is 0. The second kappa shape index (κ2) is 6.96. The van der Waals surface area contributed by atoms with Crippen molar-refractivity contribution in [3.05, 3.63) is 130 Å². The van der Waals surface area contributed by atoms with E-state index in [1.54, 1.807) is 48.5 Å². The molecule has 0 radical (unpaired) electrons. The molecule has 0 atom stereocenters. The molecule has 0 spiro atoms. The Morgan fingerprint density at radius 1 is 0.484 bits per heavy atom. The maximum atomic E-state index is 12.3. The molecule has 1 aliphatic carbocycles. The highest BCUT2D eigenvalue weighted by Crippen LogP contribution is 2.57. The number of rotatable bonds is 4. The van der Waals surface area contributed by atoms with Gasteiger partial charge in [0.15, 0.2) is 0 Å². The molecule has 4 aromatic rings. The molecule has 0 saturated carbocycles. The van der Waals surface area contributed by atoms with E-state index in [2.05, 4.69) is 0 Å². The van der Waals surface area contributed by atoms with Gasteiger partial charge in [-0.3, -0.25) is 0 Å². The summed E-state index contributed by atoms with van der Waals surface area (Å²) in [6.07, 6.45) is 0. The molecule has 2 N–H and O–H groups in total. The first-order chi connectivity index (χ1) is 15.1. The van der Waals surface area contributed by atoms with E-state index in [9.17, 15) is 19.8 Å². The molecule has 0 bridgehead atoms. The number of benzene rings is 4. The molecule has 4 heteroatoms.